The number of fused-ring (bicyclic) bond motifs is 7. The van der Waals surface area contributed by atoms with Crippen molar-refractivity contribution >= 4 is 54.4 Å². The quantitative estimate of drug-likeness (QED) is 0.158. The van der Waals surface area contributed by atoms with E-state index in [4.69, 9.17) is 9.97 Å². The van der Waals surface area contributed by atoms with Crippen LogP contribution >= 0.6 is 0 Å². The van der Waals surface area contributed by atoms with Crippen molar-refractivity contribution in [2.45, 2.75) is 0 Å². The van der Waals surface area contributed by atoms with Crippen LogP contribution in [0.5, 0.6) is 0 Å². The molecular weight excluding hydrogens is 729 g/mol. The highest BCUT2D eigenvalue weighted by Gasteiger charge is 2.18. The zero-order valence-electron chi connectivity index (χ0n) is 32.6. The van der Waals surface area contributed by atoms with Gasteiger partial charge in [0.25, 0.3) is 0 Å². The fourth-order valence-corrected chi connectivity index (χ4v) is 9.17. The summed E-state index contributed by atoms with van der Waals surface area (Å²) < 4.78 is 4.52. The molecule has 10 aromatic carbocycles. The van der Waals surface area contributed by atoms with Crippen LogP contribution in [0, 0.1) is 0 Å². The van der Waals surface area contributed by atoms with E-state index in [9.17, 15) is 0 Å². The fourth-order valence-electron chi connectivity index (χ4n) is 9.17. The van der Waals surface area contributed by atoms with Crippen LogP contribution in [0.15, 0.2) is 218 Å². The van der Waals surface area contributed by atoms with Gasteiger partial charge in [-0.1, -0.05) is 158 Å². The first kappa shape index (κ1) is 34.0. The molecule has 0 aliphatic carbocycles. The zero-order valence-corrected chi connectivity index (χ0v) is 32.6. The molecule has 12 rings (SSSR count). The van der Waals surface area contributed by atoms with Crippen molar-refractivity contribution in [3.8, 4) is 56.4 Å². The number of para-hydroxylation sites is 6. The number of hydrogen-bond acceptors (Lipinski definition) is 2. The van der Waals surface area contributed by atoms with Gasteiger partial charge in [0.1, 0.15) is 11.6 Å². The minimum Gasteiger partial charge on any atom is -0.292 e. The number of nitrogens with zero attached hydrogens (tertiary/aromatic N) is 4. The van der Waals surface area contributed by atoms with Gasteiger partial charge < -0.3 is 0 Å². The van der Waals surface area contributed by atoms with Crippen LogP contribution < -0.4 is 0 Å². The third kappa shape index (κ3) is 5.46. The number of imidazole rings is 2. The van der Waals surface area contributed by atoms with Gasteiger partial charge in [0.2, 0.25) is 0 Å². The van der Waals surface area contributed by atoms with E-state index < -0.39 is 0 Å². The van der Waals surface area contributed by atoms with Gasteiger partial charge in [-0.15, -0.1) is 0 Å². The Bertz CT molecular complexity index is 3330. The second kappa shape index (κ2) is 13.8. The van der Waals surface area contributed by atoms with Gasteiger partial charge in [-0.05, 0) is 115 Å². The topological polar surface area (TPSA) is 35.6 Å². The van der Waals surface area contributed by atoms with Crippen molar-refractivity contribution < 1.29 is 0 Å². The third-order valence-electron chi connectivity index (χ3n) is 11.9. The van der Waals surface area contributed by atoms with Crippen LogP contribution in [0.3, 0.4) is 0 Å². The molecule has 0 radical (unpaired) electrons. The largest absolute Gasteiger partial charge is 0.292 e. The van der Waals surface area contributed by atoms with Crippen molar-refractivity contribution in [3.63, 3.8) is 0 Å². The van der Waals surface area contributed by atoms with E-state index in [0.29, 0.717) is 0 Å². The predicted octanol–water partition coefficient (Wildman–Crippen LogP) is 14.5. The second-order valence-corrected chi connectivity index (χ2v) is 15.4. The summed E-state index contributed by atoms with van der Waals surface area (Å²) in [6.45, 7) is 0. The van der Waals surface area contributed by atoms with Gasteiger partial charge in [0.15, 0.2) is 0 Å². The normalized spacial score (nSPS) is 11.7. The smallest absolute Gasteiger partial charge is 0.145 e. The van der Waals surface area contributed by atoms with Crippen molar-refractivity contribution in [3.05, 3.63) is 218 Å². The molecule has 2 aromatic heterocycles. The Morgan fingerprint density at radius 1 is 0.300 bits per heavy atom. The summed E-state index contributed by atoms with van der Waals surface area (Å²) in [7, 11) is 0. The summed E-state index contributed by atoms with van der Waals surface area (Å²) >= 11 is 0. The standard InChI is InChI=1S/C56H36N4/c1-3-15-42(16-4-1)59-52-25-13-11-23-50(52)57-55(59)39-31-27-37(28-32-39)48-35-41-36-49(45-20-8-10-22-47(45)54(41)46-21-9-7-19-44(46)48)38-29-33-40(34-30-38)56-58-51-24-12-14-26-53(51)60(56)43-17-5-2-6-18-43/h1-36H. The van der Waals surface area contributed by atoms with Crippen molar-refractivity contribution in [1.82, 2.24) is 19.1 Å². The minimum absolute atomic E-state index is 0.928. The summed E-state index contributed by atoms with van der Waals surface area (Å²) in [6.07, 6.45) is 0. The van der Waals surface area contributed by atoms with Crippen LogP contribution in [0.4, 0.5) is 0 Å². The van der Waals surface area contributed by atoms with Crippen LogP contribution in [-0.2, 0) is 0 Å². The van der Waals surface area contributed by atoms with E-state index in [0.717, 1.165) is 56.2 Å². The molecule has 0 amide bonds. The first-order valence-corrected chi connectivity index (χ1v) is 20.4. The molecule has 0 spiro atoms. The average molecular weight is 765 g/mol. The molecule has 12 aromatic rings. The molecule has 60 heavy (non-hydrogen) atoms. The number of rotatable bonds is 6. The van der Waals surface area contributed by atoms with Gasteiger partial charge in [-0.25, -0.2) is 9.97 Å². The number of aromatic nitrogens is 4. The van der Waals surface area contributed by atoms with Gasteiger partial charge in [0, 0.05) is 22.5 Å². The van der Waals surface area contributed by atoms with E-state index in [-0.39, 0.29) is 0 Å². The Labute approximate surface area is 346 Å². The molecule has 0 N–H and O–H groups in total. The molecule has 0 aliphatic heterocycles. The maximum Gasteiger partial charge on any atom is 0.145 e. The Balaban J connectivity index is 0.992. The molecule has 0 atom stereocenters. The highest BCUT2D eigenvalue weighted by Crippen LogP contribution is 2.43. The molecule has 280 valence electrons. The van der Waals surface area contributed by atoms with Gasteiger partial charge in [-0.2, -0.15) is 0 Å². The molecular formula is C56H36N4. The highest BCUT2D eigenvalue weighted by atomic mass is 15.1. The molecule has 0 fully saturated rings. The lowest BCUT2D eigenvalue weighted by atomic mass is 9.87. The van der Waals surface area contributed by atoms with Crippen molar-refractivity contribution in [2.24, 2.45) is 0 Å². The molecule has 4 nitrogen and oxygen atoms in total. The lowest BCUT2D eigenvalue weighted by Gasteiger charge is -2.17. The van der Waals surface area contributed by atoms with E-state index in [1.807, 2.05) is 0 Å². The SMILES string of the molecule is c1ccc(-n2c(-c3ccc(-c4cc5cc(-c6ccc(-c7nc8ccccc8n7-c7ccccc7)cc6)c6ccccc6c5c5ccccc45)cc3)nc3ccccc32)cc1. The first-order valence-electron chi connectivity index (χ1n) is 20.4. The maximum atomic E-state index is 5.13. The highest BCUT2D eigenvalue weighted by molar-refractivity contribution is 6.25. The molecule has 0 aliphatic rings. The molecule has 0 unspecified atom stereocenters. The van der Waals surface area contributed by atoms with E-state index in [1.54, 1.807) is 0 Å². The second-order valence-electron chi connectivity index (χ2n) is 15.4. The summed E-state index contributed by atoms with van der Waals surface area (Å²) in [5.41, 5.74) is 13.2. The van der Waals surface area contributed by atoms with Crippen molar-refractivity contribution in [2.75, 3.05) is 0 Å². The van der Waals surface area contributed by atoms with Crippen LogP contribution in [0.1, 0.15) is 0 Å². The third-order valence-corrected chi connectivity index (χ3v) is 11.9. The molecule has 0 saturated heterocycles. The summed E-state index contributed by atoms with van der Waals surface area (Å²) in [4.78, 5) is 10.3. The zero-order chi connectivity index (χ0) is 39.6. The Morgan fingerprint density at radius 2 is 0.650 bits per heavy atom. The summed E-state index contributed by atoms with van der Waals surface area (Å²) in [5.74, 6) is 1.86. The maximum absolute atomic E-state index is 5.13. The predicted molar refractivity (Wildman–Crippen MR) is 250 cm³/mol. The van der Waals surface area contributed by atoms with E-state index in [2.05, 4.69) is 228 Å². The summed E-state index contributed by atoms with van der Waals surface area (Å²) in [5, 5.41) is 7.45. The van der Waals surface area contributed by atoms with E-state index >= 15 is 0 Å². The Kier molecular flexibility index (Phi) is 7.82. The Morgan fingerprint density at radius 3 is 1.08 bits per heavy atom. The van der Waals surface area contributed by atoms with Crippen molar-refractivity contribution in [1.29, 1.82) is 0 Å². The van der Waals surface area contributed by atoms with Gasteiger partial charge >= 0.3 is 0 Å². The number of hydrogen-bond donors (Lipinski definition) is 0. The lowest BCUT2D eigenvalue weighted by molar-refractivity contribution is 1.10. The first-order chi connectivity index (χ1) is 29.8. The minimum atomic E-state index is 0.928. The Hall–Kier alpha value is -8.08. The van der Waals surface area contributed by atoms with Crippen LogP contribution in [0.25, 0.3) is 111 Å². The van der Waals surface area contributed by atoms with Crippen LogP contribution in [0.2, 0.25) is 0 Å². The van der Waals surface area contributed by atoms with Crippen LogP contribution in [-0.4, -0.2) is 19.1 Å². The average Bonchev–Trinajstić information content (AvgIpc) is 3.91. The van der Waals surface area contributed by atoms with E-state index in [1.165, 1.54) is 54.6 Å². The lowest BCUT2D eigenvalue weighted by Crippen LogP contribution is -1.97. The molecule has 4 heteroatoms. The number of benzene rings is 10. The molecule has 0 saturated carbocycles. The monoisotopic (exact) mass is 764 g/mol. The van der Waals surface area contributed by atoms with Gasteiger partial charge in [0.05, 0.1) is 22.1 Å². The molecule has 0 bridgehead atoms. The van der Waals surface area contributed by atoms with Gasteiger partial charge in [-0.3, -0.25) is 9.13 Å². The molecule has 2 heterocycles. The fraction of sp³-hybridized carbons (Fsp3) is 0. The summed E-state index contributed by atoms with van der Waals surface area (Å²) in [6, 6.07) is 78.0.